The Morgan fingerprint density at radius 1 is 1.25 bits per heavy atom. The standard InChI is InChI=1S/C15H26N2O3/c1-8-9-10-12(18)16-15(5,6)11-17(7)13(19)20-14(2,3)4/h1H,9-11H2,2-7H3,(H,16,18). The third kappa shape index (κ3) is 8.41. The minimum absolute atomic E-state index is 0.120. The normalized spacial score (nSPS) is 11.4. The van der Waals surface area contributed by atoms with Gasteiger partial charge in [-0.2, -0.15) is 0 Å². The molecule has 0 saturated heterocycles. The Bertz CT molecular complexity index is 389. The quantitative estimate of drug-likeness (QED) is 0.786. The predicted molar refractivity (Wildman–Crippen MR) is 79.2 cm³/mol. The van der Waals surface area contributed by atoms with Crippen LogP contribution < -0.4 is 5.32 Å². The van der Waals surface area contributed by atoms with Gasteiger partial charge in [-0.05, 0) is 34.6 Å². The summed E-state index contributed by atoms with van der Waals surface area (Å²) in [6.45, 7) is 9.48. The van der Waals surface area contributed by atoms with Gasteiger partial charge in [0, 0.05) is 26.4 Å². The van der Waals surface area contributed by atoms with E-state index in [2.05, 4.69) is 11.2 Å². The zero-order valence-electron chi connectivity index (χ0n) is 13.4. The highest BCUT2D eigenvalue weighted by Gasteiger charge is 2.27. The molecule has 5 nitrogen and oxygen atoms in total. The topological polar surface area (TPSA) is 58.6 Å². The summed E-state index contributed by atoms with van der Waals surface area (Å²) in [4.78, 5) is 25.0. The number of likely N-dealkylation sites (N-methyl/N-ethyl adjacent to an activating group) is 1. The smallest absolute Gasteiger partial charge is 0.410 e. The van der Waals surface area contributed by atoms with Crippen LogP contribution in [0.2, 0.25) is 0 Å². The van der Waals surface area contributed by atoms with E-state index in [1.807, 2.05) is 34.6 Å². The Labute approximate surface area is 122 Å². The van der Waals surface area contributed by atoms with Crippen LogP contribution in [0.25, 0.3) is 0 Å². The average Bonchev–Trinajstić information content (AvgIpc) is 2.22. The van der Waals surface area contributed by atoms with E-state index in [1.165, 1.54) is 4.90 Å². The van der Waals surface area contributed by atoms with Gasteiger partial charge in [0.15, 0.2) is 0 Å². The maximum absolute atomic E-state index is 11.9. The highest BCUT2D eigenvalue weighted by Crippen LogP contribution is 2.12. The Balaban J connectivity index is 4.41. The second-order valence-corrected chi connectivity index (χ2v) is 6.47. The van der Waals surface area contributed by atoms with Gasteiger partial charge in [-0.1, -0.05) is 0 Å². The Kier molecular flexibility index (Phi) is 6.57. The molecule has 0 atom stereocenters. The summed E-state index contributed by atoms with van der Waals surface area (Å²) in [6, 6.07) is 0. The van der Waals surface area contributed by atoms with Gasteiger partial charge >= 0.3 is 6.09 Å². The van der Waals surface area contributed by atoms with Crippen LogP contribution in [0.5, 0.6) is 0 Å². The van der Waals surface area contributed by atoms with Crippen molar-refractivity contribution in [1.82, 2.24) is 10.2 Å². The zero-order chi connectivity index (χ0) is 16.0. The van der Waals surface area contributed by atoms with Crippen LogP contribution in [0.15, 0.2) is 0 Å². The molecular formula is C15H26N2O3. The highest BCUT2D eigenvalue weighted by molar-refractivity contribution is 5.77. The van der Waals surface area contributed by atoms with Crippen LogP contribution in [0.1, 0.15) is 47.5 Å². The Morgan fingerprint density at radius 3 is 2.25 bits per heavy atom. The van der Waals surface area contributed by atoms with Gasteiger partial charge in [-0.15, -0.1) is 12.3 Å². The lowest BCUT2D eigenvalue weighted by molar-refractivity contribution is -0.122. The summed E-state index contributed by atoms with van der Waals surface area (Å²) >= 11 is 0. The molecule has 114 valence electrons. The summed E-state index contributed by atoms with van der Waals surface area (Å²) < 4.78 is 5.26. The molecule has 0 saturated carbocycles. The van der Waals surface area contributed by atoms with Crippen LogP contribution in [0.4, 0.5) is 4.79 Å². The highest BCUT2D eigenvalue weighted by atomic mass is 16.6. The first kappa shape index (κ1) is 18.3. The van der Waals surface area contributed by atoms with Gasteiger partial charge in [0.2, 0.25) is 5.91 Å². The van der Waals surface area contributed by atoms with E-state index in [-0.39, 0.29) is 12.3 Å². The molecule has 1 N–H and O–H groups in total. The number of hydrogen-bond donors (Lipinski definition) is 1. The van der Waals surface area contributed by atoms with Gasteiger partial charge < -0.3 is 15.0 Å². The number of carbonyl (C=O) groups is 2. The number of amides is 2. The third-order valence-corrected chi connectivity index (χ3v) is 2.31. The zero-order valence-corrected chi connectivity index (χ0v) is 13.4. The molecule has 5 heteroatoms. The van der Waals surface area contributed by atoms with Crippen molar-refractivity contribution in [2.75, 3.05) is 13.6 Å². The van der Waals surface area contributed by atoms with Crippen molar-refractivity contribution in [1.29, 1.82) is 0 Å². The molecule has 0 spiro atoms. The van der Waals surface area contributed by atoms with Crippen molar-refractivity contribution in [3.8, 4) is 12.3 Å². The third-order valence-electron chi connectivity index (χ3n) is 2.31. The monoisotopic (exact) mass is 282 g/mol. The lowest BCUT2D eigenvalue weighted by atomic mass is 10.0. The first-order valence-corrected chi connectivity index (χ1v) is 6.65. The van der Waals surface area contributed by atoms with Crippen molar-refractivity contribution >= 4 is 12.0 Å². The van der Waals surface area contributed by atoms with Crippen LogP contribution in [-0.4, -0.2) is 41.6 Å². The van der Waals surface area contributed by atoms with Crippen molar-refractivity contribution in [2.45, 2.75) is 58.6 Å². The Hall–Kier alpha value is -1.70. The summed E-state index contributed by atoms with van der Waals surface area (Å²) in [5.41, 5.74) is -1.08. The van der Waals surface area contributed by atoms with E-state index < -0.39 is 17.2 Å². The molecule has 0 heterocycles. The fraction of sp³-hybridized carbons (Fsp3) is 0.733. The van der Waals surface area contributed by atoms with Crippen molar-refractivity contribution < 1.29 is 14.3 Å². The fourth-order valence-electron chi connectivity index (χ4n) is 1.66. The van der Waals surface area contributed by atoms with Crippen LogP contribution in [-0.2, 0) is 9.53 Å². The molecule has 0 fully saturated rings. The summed E-state index contributed by atoms with van der Waals surface area (Å²) in [5, 5.41) is 2.86. The van der Waals surface area contributed by atoms with E-state index in [9.17, 15) is 9.59 Å². The average molecular weight is 282 g/mol. The van der Waals surface area contributed by atoms with Gasteiger partial charge in [-0.25, -0.2) is 4.79 Å². The molecular weight excluding hydrogens is 256 g/mol. The fourth-order valence-corrected chi connectivity index (χ4v) is 1.66. The molecule has 0 unspecified atom stereocenters. The van der Waals surface area contributed by atoms with Crippen molar-refractivity contribution in [3.05, 3.63) is 0 Å². The van der Waals surface area contributed by atoms with E-state index in [4.69, 9.17) is 11.2 Å². The van der Waals surface area contributed by atoms with E-state index in [1.54, 1.807) is 7.05 Å². The maximum atomic E-state index is 11.9. The van der Waals surface area contributed by atoms with Crippen LogP contribution in [0.3, 0.4) is 0 Å². The van der Waals surface area contributed by atoms with E-state index in [0.717, 1.165) is 0 Å². The van der Waals surface area contributed by atoms with Crippen LogP contribution in [0, 0.1) is 12.3 Å². The first-order valence-electron chi connectivity index (χ1n) is 6.65. The second-order valence-electron chi connectivity index (χ2n) is 6.47. The molecule has 0 aliphatic heterocycles. The second kappa shape index (κ2) is 7.18. The van der Waals surface area contributed by atoms with Gasteiger partial charge in [-0.3, -0.25) is 4.79 Å². The number of terminal acetylenes is 1. The molecule has 0 rings (SSSR count). The minimum atomic E-state index is -0.544. The molecule has 20 heavy (non-hydrogen) atoms. The lowest BCUT2D eigenvalue weighted by Crippen LogP contribution is -2.52. The molecule has 2 amide bonds. The number of ether oxygens (including phenoxy) is 1. The van der Waals surface area contributed by atoms with Crippen molar-refractivity contribution in [3.63, 3.8) is 0 Å². The number of nitrogens with zero attached hydrogens (tertiary/aromatic N) is 1. The van der Waals surface area contributed by atoms with E-state index in [0.29, 0.717) is 13.0 Å². The van der Waals surface area contributed by atoms with Crippen LogP contribution >= 0.6 is 0 Å². The lowest BCUT2D eigenvalue weighted by Gasteiger charge is -2.32. The number of carbonyl (C=O) groups excluding carboxylic acids is 2. The molecule has 0 radical (unpaired) electrons. The maximum Gasteiger partial charge on any atom is 0.410 e. The first-order chi connectivity index (χ1) is 8.97. The van der Waals surface area contributed by atoms with Gasteiger partial charge in [0.05, 0.1) is 5.54 Å². The number of nitrogens with one attached hydrogen (secondary N) is 1. The number of hydrogen-bond acceptors (Lipinski definition) is 3. The summed E-state index contributed by atoms with van der Waals surface area (Å²) in [7, 11) is 1.64. The van der Waals surface area contributed by atoms with Crippen molar-refractivity contribution in [2.24, 2.45) is 0 Å². The van der Waals surface area contributed by atoms with E-state index >= 15 is 0 Å². The largest absolute Gasteiger partial charge is 0.444 e. The summed E-state index contributed by atoms with van der Waals surface area (Å²) in [6.07, 6.45) is 5.40. The molecule has 0 aliphatic carbocycles. The number of rotatable bonds is 5. The van der Waals surface area contributed by atoms with Gasteiger partial charge in [0.1, 0.15) is 5.60 Å². The minimum Gasteiger partial charge on any atom is -0.444 e. The molecule has 0 aliphatic rings. The molecule has 0 bridgehead atoms. The molecule has 0 aromatic heterocycles. The summed E-state index contributed by atoms with van der Waals surface area (Å²) in [5.74, 6) is 2.30. The molecule has 0 aromatic carbocycles. The predicted octanol–water partition coefficient (Wildman–Crippen LogP) is 2.16. The van der Waals surface area contributed by atoms with Gasteiger partial charge in [0.25, 0.3) is 0 Å². The SMILES string of the molecule is C#CCCC(=O)NC(C)(C)CN(C)C(=O)OC(C)(C)C. The molecule has 0 aromatic rings. The Morgan fingerprint density at radius 2 is 1.80 bits per heavy atom.